The third kappa shape index (κ3) is 3.47. The van der Waals surface area contributed by atoms with Crippen molar-refractivity contribution in [1.29, 1.82) is 0 Å². The molecule has 3 aromatic rings. The fourth-order valence-electron chi connectivity index (χ4n) is 3.10. The topological polar surface area (TPSA) is 53.9 Å². The molecule has 1 atom stereocenters. The number of rotatable bonds is 5. The molecular weight excluding hydrogens is 350 g/mol. The van der Waals surface area contributed by atoms with Crippen LogP contribution in [0.25, 0.3) is 0 Å². The van der Waals surface area contributed by atoms with Gasteiger partial charge in [-0.25, -0.2) is 4.99 Å². The molecule has 3 aromatic carbocycles. The van der Waals surface area contributed by atoms with Crippen LogP contribution in [0.1, 0.15) is 18.1 Å². The van der Waals surface area contributed by atoms with Crippen LogP contribution in [0.2, 0.25) is 0 Å². The number of amidine groups is 1. The second-order valence-electron chi connectivity index (χ2n) is 6.70. The summed E-state index contributed by atoms with van der Waals surface area (Å²) in [5, 5.41) is 1.39. The molecule has 1 unspecified atom stereocenters. The molecule has 1 saturated heterocycles. The van der Waals surface area contributed by atoms with Gasteiger partial charge in [0, 0.05) is 5.56 Å². The van der Waals surface area contributed by atoms with Gasteiger partial charge in [0.1, 0.15) is 0 Å². The molecule has 5 heteroatoms. The summed E-state index contributed by atoms with van der Waals surface area (Å²) in [4.78, 5) is 17.9. The first kappa shape index (κ1) is 17.8. The lowest BCUT2D eigenvalue weighted by atomic mass is 9.95. The number of nitrogens with zero attached hydrogens (tertiary/aromatic N) is 2. The molecule has 28 heavy (non-hydrogen) atoms. The van der Waals surface area contributed by atoms with Crippen LogP contribution in [0.5, 0.6) is 0 Å². The van der Waals surface area contributed by atoms with Crippen molar-refractivity contribution < 1.29 is 9.53 Å². The zero-order valence-corrected chi connectivity index (χ0v) is 15.6. The molecule has 1 aliphatic heterocycles. The number of hydrogen-bond acceptors (Lipinski definition) is 4. The largest absolute Gasteiger partial charge is 0.442 e. The van der Waals surface area contributed by atoms with Crippen LogP contribution in [-0.4, -0.2) is 16.9 Å². The minimum Gasteiger partial charge on any atom is -0.442 e. The first-order valence-electron chi connectivity index (χ1n) is 9.16. The Balaban J connectivity index is 1.68. The SMILES string of the molecule is CC1(c2ccccc2)OC(=NCc2ccccc2)N(Nc2ccccc2)C1=O. The van der Waals surface area contributed by atoms with Crippen molar-refractivity contribution in [3.8, 4) is 0 Å². The van der Waals surface area contributed by atoms with Gasteiger partial charge in [-0.15, -0.1) is 0 Å². The number of ether oxygens (including phenoxy) is 1. The molecule has 4 rings (SSSR count). The summed E-state index contributed by atoms with van der Waals surface area (Å²) >= 11 is 0. The quantitative estimate of drug-likeness (QED) is 0.726. The molecule has 5 nitrogen and oxygen atoms in total. The van der Waals surface area contributed by atoms with Gasteiger partial charge in [-0.05, 0) is 24.6 Å². The summed E-state index contributed by atoms with van der Waals surface area (Å²) in [6.45, 7) is 2.19. The van der Waals surface area contributed by atoms with Gasteiger partial charge in [-0.3, -0.25) is 10.2 Å². The van der Waals surface area contributed by atoms with E-state index in [0.29, 0.717) is 6.54 Å². The number of para-hydroxylation sites is 1. The fourth-order valence-corrected chi connectivity index (χ4v) is 3.10. The highest BCUT2D eigenvalue weighted by molar-refractivity contribution is 6.05. The van der Waals surface area contributed by atoms with Crippen LogP contribution < -0.4 is 5.43 Å². The average Bonchev–Trinajstić information content (AvgIpc) is 3.00. The van der Waals surface area contributed by atoms with E-state index >= 15 is 0 Å². The maximum Gasteiger partial charge on any atom is 0.315 e. The Bertz CT molecular complexity index is 975. The number of amides is 1. The van der Waals surface area contributed by atoms with Crippen molar-refractivity contribution in [2.24, 2.45) is 4.99 Å². The van der Waals surface area contributed by atoms with Crippen LogP contribution in [-0.2, 0) is 21.7 Å². The normalized spacial score (nSPS) is 20.2. The first-order valence-corrected chi connectivity index (χ1v) is 9.16. The van der Waals surface area contributed by atoms with Crippen molar-refractivity contribution in [2.45, 2.75) is 19.1 Å². The molecule has 0 bridgehead atoms. The Hall–Kier alpha value is -3.60. The summed E-state index contributed by atoms with van der Waals surface area (Å²) in [5.41, 5.74) is 4.59. The minimum atomic E-state index is -1.14. The molecule has 0 saturated carbocycles. The molecule has 140 valence electrons. The molecule has 0 aliphatic carbocycles. The standard InChI is InChI=1S/C23H21N3O2/c1-23(19-13-7-3-8-14-19)21(27)26(25-20-15-9-4-10-16-20)22(28-23)24-17-18-11-5-2-6-12-18/h2-16,25H,17H2,1H3. The Morgan fingerprint density at radius 2 is 1.46 bits per heavy atom. The van der Waals surface area contributed by atoms with Crippen molar-refractivity contribution in [1.82, 2.24) is 5.01 Å². The zero-order chi connectivity index (χ0) is 19.4. The summed E-state index contributed by atoms with van der Waals surface area (Å²) in [7, 11) is 0. The number of hydrazine groups is 1. The van der Waals surface area contributed by atoms with E-state index in [1.807, 2.05) is 91.0 Å². The van der Waals surface area contributed by atoms with Gasteiger partial charge in [0.25, 0.3) is 5.91 Å². The number of aliphatic imine (C=N–C) groups is 1. The lowest BCUT2D eigenvalue weighted by molar-refractivity contribution is -0.135. The maximum atomic E-state index is 13.3. The second kappa shape index (κ2) is 7.56. The van der Waals surface area contributed by atoms with Crippen LogP contribution in [0, 0.1) is 0 Å². The molecule has 0 aromatic heterocycles. The maximum absolute atomic E-state index is 13.3. The van der Waals surface area contributed by atoms with Crippen LogP contribution >= 0.6 is 0 Å². The van der Waals surface area contributed by atoms with Crippen molar-refractivity contribution in [3.05, 3.63) is 102 Å². The number of nitrogens with one attached hydrogen (secondary N) is 1. The van der Waals surface area contributed by atoms with E-state index in [1.54, 1.807) is 6.92 Å². The van der Waals surface area contributed by atoms with E-state index in [2.05, 4.69) is 10.4 Å². The summed E-state index contributed by atoms with van der Waals surface area (Å²) in [6, 6.07) is 29.1. The molecular formula is C23H21N3O2. The molecule has 1 aliphatic rings. The third-order valence-electron chi connectivity index (χ3n) is 4.68. The third-order valence-corrected chi connectivity index (χ3v) is 4.68. The molecule has 1 N–H and O–H groups in total. The van der Waals surface area contributed by atoms with Gasteiger partial charge in [-0.2, -0.15) is 5.01 Å². The highest BCUT2D eigenvalue weighted by atomic mass is 16.6. The van der Waals surface area contributed by atoms with Gasteiger partial charge >= 0.3 is 6.02 Å². The van der Waals surface area contributed by atoms with E-state index in [9.17, 15) is 4.79 Å². The number of carbonyl (C=O) groups is 1. The van der Waals surface area contributed by atoms with Gasteiger partial charge in [0.2, 0.25) is 5.60 Å². The Morgan fingerprint density at radius 3 is 2.11 bits per heavy atom. The number of benzene rings is 3. The second-order valence-corrected chi connectivity index (χ2v) is 6.70. The van der Waals surface area contributed by atoms with E-state index in [0.717, 1.165) is 16.8 Å². The van der Waals surface area contributed by atoms with Gasteiger partial charge in [0.05, 0.1) is 12.2 Å². The van der Waals surface area contributed by atoms with Crippen molar-refractivity contribution >= 4 is 17.6 Å². The van der Waals surface area contributed by atoms with Gasteiger partial charge in [-0.1, -0.05) is 78.9 Å². The number of anilines is 1. The van der Waals surface area contributed by atoms with Crippen LogP contribution in [0.4, 0.5) is 5.69 Å². The first-order chi connectivity index (χ1) is 13.7. The number of hydrogen-bond donors (Lipinski definition) is 1. The zero-order valence-electron chi connectivity index (χ0n) is 15.6. The average molecular weight is 371 g/mol. The molecule has 0 spiro atoms. The molecule has 1 fully saturated rings. The monoisotopic (exact) mass is 371 g/mol. The van der Waals surface area contributed by atoms with E-state index in [4.69, 9.17) is 4.74 Å². The van der Waals surface area contributed by atoms with E-state index < -0.39 is 5.60 Å². The smallest absolute Gasteiger partial charge is 0.315 e. The Labute approximate surface area is 164 Å². The minimum absolute atomic E-state index is 0.214. The van der Waals surface area contributed by atoms with E-state index in [-0.39, 0.29) is 11.9 Å². The lowest BCUT2D eigenvalue weighted by Gasteiger charge is -2.20. The summed E-state index contributed by atoms with van der Waals surface area (Å²) in [6.07, 6.45) is 0. The van der Waals surface area contributed by atoms with Gasteiger partial charge in [0.15, 0.2) is 0 Å². The highest BCUT2D eigenvalue weighted by Crippen LogP contribution is 2.34. The summed E-state index contributed by atoms with van der Waals surface area (Å²) in [5.74, 6) is -0.214. The van der Waals surface area contributed by atoms with E-state index in [1.165, 1.54) is 5.01 Å². The number of carbonyl (C=O) groups excluding carboxylic acids is 1. The van der Waals surface area contributed by atoms with Gasteiger partial charge < -0.3 is 4.74 Å². The Kier molecular flexibility index (Phi) is 4.81. The lowest BCUT2D eigenvalue weighted by Crippen LogP contribution is -2.40. The summed E-state index contributed by atoms with van der Waals surface area (Å²) < 4.78 is 6.12. The molecule has 0 radical (unpaired) electrons. The van der Waals surface area contributed by atoms with Crippen LogP contribution in [0.15, 0.2) is 96.0 Å². The highest BCUT2D eigenvalue weighted by Gasteiger charge is 2.51. The predicted octanol–water partition coefficient (Wildman–Crippen LogP) is 4.34. The van der Waals surface area contributed by atoms with Crippen molar-refractivity contribution in [3.63, 3.8) is 0 Å². The predicted molar refractivity (Wildman–Crippen MR) is 109 cm³/mol. The molecule has 1 amide bonds. The van der Waals surface area contributed by atoms with Crippen molar-refractivity contribution in [2.75, 3.05) is 5.43 Å². The van der Waals surface area contributed by atoms with Crippen LogP contribution in [0.3, 0.4) is 0 Å². The molecule has 1 heterocycles. The fraction of sp³-hybridized carbons (Fsp3) is 0.130. The Morgan fingerprint density at radius 1 is 0.893 bits per heavy atom.